The Kier molecular flexibility index (Phi) is 5.40. The van der Waals surface area contributed by atoms with Gasteiger partial charge in [-0.1, -0.05) is 65.3 Å². The maximum absolute atomic E-state index is 12.8. The highest BCUT2D eigenvalue weighted by atomic mass is 35.5. The van der Waals surface area contributed by atoms with E-state index in [2.05, 4.69) is 20.5 Å². The second-order valence-corrected chi connectivity index (χ2v) is 6.81. The van der Waals surface area contributed by atoms with Gasteiger partial charge in [0, 0.05) is 15.7 Å². The van der Waals surface area contributed by atoms with Crippen molar-refractivity contribution in [1.82, 2.24) is 15.2 Å². The van der Waals surface area contributed by atoms with E-state index >= 15 is 0 Å². The Morgan fingerprint density at radius 1 is 1.12 bits per heavy atom. The summed E-state index contributed by atoms with van der Waals surface area (Å²) in [6.07, 6.45) is 1.40. The number of nitrogens with one attached hydrogen (secondary N) is 2. The Balaban J connectivity index is 1.85. The Morgan fingerprint density at radius 2 is 1.83 bits per heavy atom. The average molecular weight is 379 g/mol. The fraction of sp³-hybridized carbons (Fsp3) is 0.0625. The van der Waals surface area contributed by atoms with Gasteiger partial charge >= 0.3 is 0 Å². The molecule has 0 bridgehead atoms. The van der Waals surface area contributed by atoms with Crippen molar-refractivity contribution < 1.29 is 4.79 Å². The molecule has 1 aromatic heterocycles. The topological polar surface area (TPSA) is 70.7 Å². The minimum Gasteiger partial charge on any atom is -0.325 e. The molecule has 1 atom stereocenters. The molecule has 0 aliphatic heterocycles. The summed E-state index contributed by atoms with van der Waals surface area (Å²) in [7, 11) is 0. The number of hydrogen-bond acceptors (Lipinski definition) is 4. The molecule has 2 aromatic carbocycles. The largest absolute Gasteiger partial charge is 0.325 e. The van der Waals surface area contributed by atoms with Gasteiger partial charge in [-0.15, -0.1) is 0 Å². The predicted octanol–water partition coefficient (Wildman–Crippen LogP) is 4.58. The van der Waals surface area contributed by atoms with E-state index in [0.29, 0.717) is 20.9 Å². The number of aromatic nitrogens is 3. The van der Waals surface area contributed by atoms with Gasteiger partial charge in [0.15, 0.2) is 5.16 Å². The third-order valence-corrected chi connectivity index (χ3v) is 4.67. The Morgan fingerprint density at radius 3 is 2.46 bits per heavy atom. The molecule has 0 fully saturated rings. The number of thioether (sulfide) groups is 1. The van der Waals surface area contributed by atoms with Gasteiger partial charge in [0.2, 0.25) is 5.91 Å². The lowest BCUT2D eigenvalue weighted by atomic mass is 10.1. The molecule has 0 aliphatic rings. The molecular weight excluding hydrogens is 367 g/mol. The van der Waals surface area contributed by atoms with Gasteiger partial charge in [-0.3, -0.25) is 9.89 Å². The molecule has 24 heavy (non-hydrogen) atoms. The molecule has 0 saturated carbocycles. The van der Waals surface area contributed by atoms with Crippen LogP contribution in [0.1, 0.15) is 10.8 Å². The van der Waals surface area contributed by atoms with Crippen molar-refractivity contribution in [3.05, 3.63) is 70.5 Å². The fourth-order valence-corrected chi connectivity index (χ4v) is 3.52. The van der Waals surface area contributed by atoms with Gasteiger partial charge in [-0.05, 0) is 23.8 Å². The first-order valence-corrected chi connectivity index (χ1v) is 8.59. The number of hydrogen-bond donors (Lipinski definition) is 2. The first-order valence-electron chi connectivity index (χ1n) is 6.96. The van der Waals surface area contributed by atoms with Crippen LogP contribution in [0, 0.1) is 0 Å². The Labute approximate surface area is 152 Å². The van der Waals surface area contributed by atoms with Crippen LogP contribution in [0.25, 0.3) is 0 Å². The van der Waals surface area contributed by atoms with Crippen LogP contribution in [-0.2, 0) is 4.79 Å². The van der Waals surface area contributed by atoms with Gasteiger partial charge in [-0.2, -0.15) is 5.10 Å². The maximum Gasteiger partial charge on any atom is 0.242 e. The van der Waals surface area contributed by atoms with Crippen LogP contribution in [0.5, 0.6) is 0 Å². The van der Waals surface area contributed by atoms with E-state index in [9.17, 15) is 4.79 Å². The highest BCUT2D eigenvalue weighted by Gasteiger charge is 2.23. The van der Waals surface area contributed by atoms with E-state index < -0.39 is 5.25 Å². The van der Waals surface area contributed by atoms with Crippen LogP contribution in [0.3, 0.4) is 0 Å². The first kappa shape index (κ1) is 16.8. The van der Waals surface area contributed by atoms with Crippen LogP contribution in [0.15, 0.2) is 60.0 Å². The lowest BCUT2D eigenvalue weighted by Crippen LogP contribution is -2.19. The normalized spacial score (nSPS) is 11.9. The van der Waals surface area contributed by atoms with Crippen molar-refractivity contribution in [3.63, 3.8) is 0 Å². The second kappa shape index (κ2) is 7.70. The lowest BCUT2D eigenvalue weighted by molar-refractivity contribution is -0.115. The predicted molar refractivity (Wildman–Crippen MR) is 96.5 cm³/mol. The number of aromatic amines is 1. The van der Waals surface area contributed by atoms with Crippen LogP contribution < -0.4 is 5.32 Å². The van der Waals surface area contributed by atoms with Gasteiger partial charge < -0.3 is 5.32 Å². The van der Waals surface area contributed by atoms with E-state index in [1.165, 1.54) is 18.1 Å². The summed E-state index contributed by atoms with van der Waals surface area (Å²) in [4.78, 5) is 16.9. The monoisotopic (exact) mass is 378 g/mol. The van der Waals surface area contributed by atoms with Gasteiger partial charge in [0.05, 0.1) is 0 Å². The number of nitrogens with zero attached hydrogens (tertiary/aromatic N) is 2. The molecule has 0 radical (unpaired) electrons. The molecule has 122 valence electrons. The van der Waals surface area contributed by atoms with Crippen LogP contribution in [0.4, 0.5) is 5.69 Å². The minimum absolute atomic E-state index is 0.207. The van der Waals surface area contributed by atoms with Crippen molar-refractivity contribution in [2.75, 3.05) is 5.32 Å². The highest BCUT2D eigenvalue weighted by molar-refractivity contribution is 8.00. The SMILES string of the molecule is O=C(Nc1cc(Cl)cc(Cl)c1)[C@H](Sc1ncn[nH]1)c1ccccc1. The summed E-state index contributed by atoms with van der Waals surface area (Å²) in [6.45, 7) is 0. The number of benzene rings is 2. The molecule has 3 rings (SSSR count). The van der Waals surface area contributed by atoms with Crippen molar-refractivity contribution in [2.45, 2.75) is 10.4 Å². The molecular formula is C16H12Cl2N4OS. The molecule has 8 heteroatoms. The highest BCUT2D eigenvalue weighted by Crippen LogP contribution is 2.34. The van der Waals surface area contributed by atoms with Crippen LogP contribution >= 0.6 is 35.0 Å². The number of halogens is 2. The lowest BCUT2D eigenvalue weighted by Gasteiger charge is -2.16. The zero-order valence-corrected chi connectivity index (χ0v) is 14.6. The molecule has 0 saturated heterocycles. The number of amides is 1. The third-order valence-electron chi connectivity index (χ3n) is 3.09. The van der Waals surface area contributed by atoms with E-state index in [-0.39, 0.29) is 5.91 Å². The van der Waals surface area contributed by atoms with Gasteiger partial charge in [-0.25, -0.2) is 4.98 Å². The molecule has 3 aromatic rings. The van der Waals surface area contributed by atoms with Gasteiger partial charge in [0.25, 0.3) is 0 Å². The second-order valence-electron chi connectivity index (χ2n) is 4.85. The third kappa shape index (κ3) is 4.29. The molecule has 5 nitrogen and oxygen atoms in total. The molecule has 0 aliphatic carbocycles. The first-order chi connectivity index (χ1) is 11.6. The molecule has 2 N–H and O–H groups in total. The van der Waals surface area contributed by atoms with E-state index in [1.54, 1.807) is 18.2 Å². The van der Waals surface area contributed by atoms with Crippen molar-refractivity contribution in [1.29, 1.82) is 0 Å². The summed E-state index contributed by atoms with van der Waals surface area (Å²) >= 11 is 13.2. The smallest absolute Gasteiger partial charge is 0.242 e. The number of rotatable bonds is 5. The van der Waals surface area contributed by atoms with Crippen molar-refractivity contribution >= 4 is 46.6 Å². The van der Waals surface area contributed by atoms with E-state index in [0.717, 1.165) is 5.56 Å². The van der Waals surface area contributed by atoms with Crippen molar-refractivity contribution in [2.24, 2.45) is 0 Å². The zero-order chi connectivity index (χ0) is 16.9. The van der Waals surface area contributed by atoms with Crippen LogP contribution in [-0.4, -0.2) is 21.1 Å². The van der Waals surface area contributed by atoms with Crippen molar-refractivity contribution in [3.8, 4) is 0 Å². The summed E-state index contributed by atoms with van der Waals surface area (Å²) in [6, 6.07) is 14.3. The molecule has 0 unspecified atom stereocenters. The average Bonchev–Trinajstić information content (AvgIpc) is 3.05. The maximum atomic E-state index is 12.8. The van der Waals surface area contributed by atoms with Gasteiger partial charge in [0.1, 0.15) is 11.6 Å². The Bertz CT molecular complexity index is 807. The standard InChI is InChI=1S/C16H12Cl2N4OS/c17-11-6-12(18)8-13(7-11)21-15(23)14(10-4-2-1-3-5-10)24-16-19-9-20-22-16/h1-9,14H,(H,21,23)(H,19,20,22)/t14-/m1/s1. The number of carbonyl (C=O) groups is 1. The number of H-pyrrole nitrogens is 1. The fourth-order valence-electron chi connectivity index (χ4n) is 2.10. The molecule has 0 spiro atoms. The summed E-state index contributed by atoms with van der Waals surface area (Å²) in [5, 5.41) is 10.4. The van der Waals surface area contributed by atoms with Crippen LogP contribution in [0.2, 0.25) is 10.0 Å². The summed E-state index contributed by atoms with van der Waals surface area (Å²) in [5.41, 5.74) is 1.39. The van der Waals surface area contributed by atoms with E-state index in [1.807, 2.05) is 30.3 Å². The zero-order valence-electron chi connectivity index (χ0n) is 12.2. The Hall–Kier alpha value is -2.02. The number of carbonyl (C=O) groups excluding carboxylic acids is 1. The summed E-state index contributed by atoms with van der Waals surface area (Å²) < 4.78 is 0. The van der Waals surface area contributed by atoms with E-state index in [4.69, 9.17) is 23.2 Å². The summed E-state index contributed by atoms with van der Waals surface area (Å²) in [5.74, 6) is -0.207. The number of anilines is 1. The molecule has 1 heterocycles. The molecule has 1 amide bonds. The minimum atomic E-state index is -0.503. The quantitative estimate of drug-likeness (QED) is 0.637.